The van der Waals surface area contributed by atoms with Gasteiger partial charge in [0.05, 0.1) is 19.6 Å². The second-order valence-corrected chi connectivity index (χ2v) is 4.82. The lowest BCUT2D eigenvalue weighted by atomic mass is 10.5. The molecule has 84 valence electrons. The molecule has 0 spiro atoms. The van der Waals surface area contributed by atoms with E-state index in [0.717, 1.165) is 0 Å². The molecule has 0 aromatic heterocycles. The Morgan fingerprint density at radius 1 is 1.21 bits per heavy atom. The summed E-state index contributed by atoms with van der Waals surface area (Å²) in [4.78, 5) is 10.3. The van der Waals surface area contributed by atoms with Crippen molar-refractivity contribution in [3.05, 3.63) is 0 Å². The van der Waals surface area contributed by atoms with Crippen molar-refractivity contribution in [1.82, 2.24) is 4.72 Å². The fraction of sp³-hybridized carbons (Fsp3) is 0.857. The maximum atomic E-state index is 11.6. The highest BCUT2D eigenvalue weighted by Gasteiger charge is 2.38. The Labute approximate surface area is 84.3 Å². The molecule has 0 fully saturated rings. The van der Waals surface area contributed by atoms with E-state index in [9.17, 15) is 13.2 Å². The Morgan fingerprint density at radius 3 is 1.79 bits per heavy atom. The van der Waals surface area contributed by atoms with Crippen molar-refractivity contribution in [3.8, 4) is 0 Å². The third-order valence-electron chi connectivity index (χ3n) is 2.46. The van der Waals surface area contributed by atoms with Gasteiger partial charge in [-0.05, 0) is 20.8 Å². The van der Waals surface area contributed by atoms with Crippen molar-refractivity contribution >= 4 is 16.3 Å². The van der Waals surface area contributed by atoms with Crippen LogP contribution in [-0.4, -0.2) is 43.1 Å². The Morgan fingerprint density at radius 2 is 1.57 bits per heavy atom. The molecule has 0 rings (SSSR count). The second-order valence-electron chi connectivity index (χ2n) is 2.89. The predicted octanol–water partition coefficient (Wildman–Crippen LogP) is 0.375. The standard InChI is InChI=1S/C7H16N2O4S/c1-4-9(5-2,6-3)14(12,13)8-7(10)11/h8H,4-6H2,1-3H3/p+1. The minimum Gasteiger partial charge on any atom is -0.464 e. The van der Waals surface area contributed by atoms with Crippen molar-refractivity contribution in [3.63, 3.8) is 0 Å². The van der Waals surface area contributed by atoms with Crippen molar-refractivity contribution < 1.29 is 22.2 Å². The molecule has 0 aliphatic heterocycles. The highest BCUT2D eigenvalue weighted by Crippen LogP contribution is 2.12. The van der Waals surface area contributed by atoms with Gasteiger partial charge in [-0.15, -0.1) is 0 Å². The number of hydrogen-bond donors (Lipinski definition) is 2. The topological polar surface area (TPSA) is 83.5 Å². The Hall–Kier alpha value is -0.820. The molecule has 1 amide bonds. The smallest absolute Gasteiger partial charge is 0.422 e. The van der Waals surface area contributed by atoms with Gasteiger partial charge in [-0.25, -0.2) is 8.68 Å². The van der Waals surface area contributed by atoms with Crippen LogP contribution < -0.4 is 4.72 Å². The van der Waals surface area contributed by atoms with E-state index >= 15 is 0 Å². The molecule has 0 heterocycles. The van der Waals surface area contributed by atoms with Crippen LogP contribution in [0.15, 0.2) is 0 Å². The van der Waals surface area contributed by atoms with E-state index in [1.165, 1.54) is 0 Å². The zero-order valence-corrected chi connectivity index (χ0v) is 9.47. The maximum Gasteiger partial charge on any atom is 0.422 e. The van der Waals surface area contributed by atoms with Crippen LogP contribution in [0.25, 0.3) is 0 Å². The first-order chi connectivity index (χ1) is 6.35. The largest absolute Gasteiger partial charge is 0.464 e. The van der Waals surface area contributed by atoms with Gasteiger partial charge in [0.1, 0.15) is 0 Å². The van der Waals surface area contributed by atoms with Gasteiger partial charge < -0.3 is 5.11 Å². The van der Waals surface area contributed by atoms with Gasteiger partial charge >= 0.3 is 16.3 Å². The molecule has 0 radical (unpaired) electrons. The lowest BCUT2D eigenvalue weighted by Gasteiger charge is -2.32. The lowest BCUT2D eigenvalue weighted by Crippen LogP contribution is -2.58. The summed E-state index contributed by atoms with van der Waals surface area (Å²) in [6.45, 7) is 6.18. The molecular weight excluding hydrogens is 208 g/mol. The molecule has 0 bridgehead atoms. The first-order valence-electron chi connectivity index (χ1n) is 4.47. The van der Waals surface area contributed by atoms with Crippen LogP contribution in [0.5, 0.6) is 0 Å². The second kappa shape index (κ2) is 4.61. The van der Waals surface area contributed by atoms with Crippen LogP contribution in [-0.2, 0) is 10.2 Å². The molecule has 14 heavy (non-hydrogen) atoms. The average Bonchev–Trinajstić information content (AvgIpc) is 2.05. The molecule has 0 unspecified atom stereocenters. The van der Waals surface area contributed by atoms with E-state index in [0.29, 0.717) is 19.6 Å². The van der Waals surface area contributed by atoms with Gasteiger partial charge in [0, 0.05) is 0 Å². The van der Waals surface area contributed by atoms with Crippen LogP contribution in [0.2, 0.25) is 0 Å². The number of hydrogen-bond acceptors (Lipinski definition) is 3. The summed E-state index contributed by atoms with van der Waals surface area (Å²) in [6.07, 6.45) is -1.54. The molecule has 0 saturated heterocycles. The third-order valence-corrected chi connectivity index (χ3v) is 4.68. The van der Waals surface area contributed by atoms with Crippen LogP contribution in [0.3, 0.4) is 0 Å². The number of rotatable bonds is 5. The van der Waals surface area contributed by atoms with E-state index in [1.54, 1.807) is 25.5 Å². The molecule has 0 aliphatic carbocycles. The summed E-state index contributed by atoms with van der Waals surface area (Å²) >= 11 is 0. The summed E-state index contributed by atoms with van der Waals surface area (Å²) in [5.41, 5.74) is 0. The van der Waals surface area contributed by atoms with Crippen LogP contribution in [0, 0.1) is 0 Å². The zero-order chi connectivity index (χ0) is 11.4. The predicted molar refractivity (Wildman–Crippen MR) is 52.0 cm³/mol. The van der Waals surface area contributed by atoms with E-state index in [-0.39, 0.29) is 3.89 Å². The molecule has 0 aromatic carbocycles. The average molecular weight is 225 g/mol. The fourth-order valence-electron chi connectivity index (χ4n) is 1.39. The summed E-state index contributed by atoms with van der Waals surface area (Å²) < 4.78 is 24.6. The Balaban J connectivity index is 5.10. The third kappa shape index (κ3) is 2.36. The first kappa shape index (κ1) is 13.2. The highest BCUT2D eigenvalue weighted by atomic mass is 32.2. The van der Waals surface area contributed by atoms with Gasteiger partial charge in [-0.3, -0.25) is 0 Å². The fourth-order valence-corrected chi connectivity index (χ4v) is 2.82. The summed E-state index contributed by atoms with van der Waals surface area (Å²) in [5.74, 6) is 0. The number of nitrogens with one attached hydrogen (secondary N) is 1. The monoisotopic (exact) mass is 225 g/mol. The Kier molecular flexibility index (Phi) is 4.34. The van der Waals surface area contributed by atoms with Gasteiger partial charge in [0.25, 0.3) is 0 Å². The molecule has 0 aromatic rings. The molecule has 0 aliphatic rings. The van der Waals surface area contributed by atoms with E-state index < -0.39 is 16.3 Å². The van der Waals surface area contributed by atoms with Crippen LogP contribution in [0.1, 0.15) is 20.8 Å². The molecule has 6 nitrogen and oxygen atoms in total. The Bertz CT molecular complexity index is 287. The van der Waals surface area contributed by atoms with Crippen molar-refractivity contribution in [2.75, 3.05) is 19.6 Å². The molecule has 0 saturated carbocycles. The van der Waals surface area contributed by atoms with Crippen molar-refractivity contribution in [1.29, 1.82) is 0 Å². The number of carboxylic acid groups (broad SMARTS) is 1. The first-order valence-corrected chi connectivity index (χ1v) is 5.91. The molecular formula is C7H17N2O4S+. The van der Waals surface area contributed by atoms with Gasteiger partial charge in [0.15, 0.2) is 0 Å². The molecule has 0 atom stereocenters. The van der Waals surface area contributed by atoms with E-state index in [4.69, 9.17) is 5.11 Å². The summed E-state index contributed by atoms with van der Waals surface area (Å²) in [7, 11) is -3.85. The lowest BCUT2D eigenvalue weighted by molar-refractivity contribution is -0.801. The quantitative estimate of drug-likeness (QED) is 0.662. The highest BCUT2D eigenvalue weighted by molar-refractivity contribution is 7.84. The van der Waals surface area contributed by atoms with Crippen LogP contribution >= 0.6 is 0 Å². The van der Waals surface area contributed by atoms with Gasteiger partial charge in [-0.1, -0.05) is 0 Å². The minimum absolute atomic E-state index is 0.265. The number of quaternary nitrogens is 1. The number of carbonyl (C=O) groups is 1. The maximum absolute atomic E-state index is 11.6. The van der Waals surface area contributed by atoms with Crippen molar-refractivity contribution in [2.45, 2.75) is 20.8 Å². The van der Waals surface area contributed by atoms with Gasteiger partial charge in [-0.2, -0.15) is 13.1 Å². The summed E-state index contributed by atoms with van der Waals surface area (Å²) in [5, 5.41) is 8.40. The zero-order valence-electron chi connectivity index (χ0n) is 8.65. The van der Waals surface area contributed by atoms with Gasteiger partial charge in [0.2, 0.25) is 0 Å². The number of nitrogens with zero attached hydrogens (tertiary/aromatic N) is 1. The van der Waals surface area contributed by atoms with E-state index in [1.807, 2.05) is 0 Å². The molecule has 2 N–H and O–H groups in total. The normalized spacial score (nSPS) is 12.5. The van der Waals surface area contributed by atoms with Crippen LogP contribution in [0.4, 0.5) is 4.79 Å². The van der Waals surface area contributed by atoms with Crippen molar-refractivity contribution in [2.24, 2.45) is 0 Å². The SMILES string of the molecule is CC[N+](CC)(CC)S(=O)(=O)NC(=O)O. The minimum atomic E-state index is -3.85. The van der Waals surface area contributed by atoms with E-state index in [2.05, 4.69) is 0 Å². The molecule has 7 heteroatoms. The number of amides is 1. The summed E-state index contributed by atoms with van der Waals surface area (Å²) in [6, 6.07) is 0.